The van der Waals surface area contributed by atoms with Crippen molar-refractivity contribution < 1.29 is 14.2 Å². The van der Waals surface area contributed by atoms with Crippen molar-refractivity contribution in [2.24, 2.45) is 0 Å². The molecule has 0 amide bonds. The lowest BCUT2D eigenvalue weighted by atomic mass is 10.2. The molecular weight excluding hydrogens is 352 g/mol. The first kappa shape index (κ1) is 22.2. The SMILES string of the molecule is CCCCCCOc1ccc(-c2ncc(OCCOC(CC)CC)cn2)cc1. The van der Waals surface area contributed by atoms with Gasteiger partial charge in [-0.3, -0.25) is 0 Å². The molecule has 2 rings (SSSR count). The lowest BCUT2D eigenvalue weighted by Gasteiger charge is -2.14. The summed E-state index contributed by atoms with van der Waals surface area (Å²) in [6, 6.07) is 7.91. The van der Waals surface area contributed by atoms with Crippen LogP contribution in [0.2, 0.25) is 0 Å². The predicted molar refractivity (Wildman–Crippen MR) is 113 cm³/mol. The molecule has 0 bridgehead atoms. The van der Waals surface area contributed by atoms with E-state index in [1.165, 1.54) is 19.3 Å². The van der Waals surface area contributed by atoms with Crippen molar-refractivity contribution >= 4 is 0 Å². The zero-order valence-corrected chi connectivity index (χ0v) is 17.5. The molecule has 0 unspecified atom stereocenters. The molecule has 0 saturated carbocycles. The van der Waals surface area contributed by atoms with Gasteiger partial charge in [0.05, 0.1) is 31.7 Å². The van der Waals surface area contributed by atoms with Gasteiger partial charge in [-0.2, -0.15) is 0 Å². The summed E-state index contributed by atoms with van der Waals surface area (Å²) < 4.78 is 17.2. The summed E-state index contributed by atoms with van der Waals surface area (Å²) in [5.41, 5.74) is 0.960. The van der Waals surface area contributed by atoms with Crippen LogP contribution in [-0.4, -0.2) is 35.9 Å². The van der Waals surface area contributed by atoms with Crippen molar-refractivity contribution in [2.45, 2.75) is 65.4 Å². The molecule has 28 heavy (non-hydrogen) atoms. The largest absolute Gasteiger partial charge is 0.494 e. The molecule has 0 spiro atoms. The van der Waals surface area contributed by atoms with E-state index in [2.05, 4.69) is 30.7 Å². The van der Waals surface area contributed by atoms with Crippen LogP contribution >= 0.6 is 0 Å². The van der Waals surface area contributed by atoms with Gasteiger partial charge in [-0.05, 0) is 43.5 Å². The van der Waals surface area contributed by atoms with Gasteiger partial charge in [-0.1, -0.05) is 40.0 Å². The van der Waals surface area contributed by atoms with Crippen LogP contribution in [0.1, 0.15) is 59.3 Å². The van der Waals surface area contributed by atoms with Crippen LogP contribution in [0.15, 0.2) is 36.7 Å². The van der Waals surface area contributed by atoms with E-state index >= 15 is 0 Å². The number of hydrogen-bond donors (Lipinski definition) is 0. The third-order valence-corrected chi connectivity index (χ3v) is 4.62. The molecule has 1 aromatic carbocycles. The molecular formula is C23H34N2O3. The summed E-state index contributed by atoms with van der Waals surface area (Å²) in [5.74, 6) is 2.22. The van der Waals surface area contributed by atoms with E-state index in [0.717, 1.165) is 37.2 Å². The average molecular weight is 387 g/mol. The van der Waals surface area contributed by atoms with Crippen LogP contribution < -0.4 is 9.47 Å². The minimum Gasteiger partial charge on any atom is -0.494 e. The molecule has 1 aromatic heterocycles. The summed E-state index contributed by atoms with van der Waals surface area (Å²) in [5, 5.41) is 0. The summed E-state index contributed by atoms with van der Waals surface area (Å²) in [6.07, 6.45) is 10.6. The highest BCUT2D eigenvalue weighted by Gasteiger charge is 2.05. The summed E-state index contributed by atoms with van der Waals surface area (Å²) in [7, 11) is 0. The molecule has 0 aliphatic carbocycles. The molecule has 0 atom stereocenters. The number of nitrogens with zero attached hydrogens (tertiary/aromatic N) is 2. The van der Waals surface area contributed by atoms with E-state index in [-0.39, 0.29) is 0 Å². The number of hydrogen-bond acceptors (Lipinski definition) is 5. The predicted octanol–water partition coefficient (Wildman–Crippen LogP) is 5.69. The monoisotopic (exact) mass is 386 g/mol. The lowest BCUT2D eigenvalue weighted by molar-refractivity contribution is 0.0295. The molecule has 5 nitrogen and oxygen atoms in total. The second kappa shape index (κ2) is 13.1. The van der Waals surface area contributed by atoms with Gasteiger partial charge in [0, 0.05) is 5.56 Å². The van der Waals surface area contributed by atoms with Gasteiger partial charge in [-0.15, -0.1) is 0 Å². The van der Waals surface area contributed by atoms with Gasteiger partial charge < -0.3 is 14.2 Å². The summed E-state index contributed by atoms with van der Waals surface area (Å²) in [4.78, 5) is 8.81. The second-order valence-electron chi connectivity index (χ2n) is 6.83. The zero-order chi connectivity index (χ0) is 20.0. The Balaban J connectivity index is 1.76. The fourth-order valence-corrected chi connectivity index (χ4v) is 2.86. The Morgan fingerprint density at radius 1 is 0.750 bits per heavy atom. The zero-order valence-electron chi connectivity index (χ0n) is 17.5. The topological polar surface area (TPSA) is 53.5 Å². The first-order valence-electron chi connectivity index (χ1n) is 10.6. The van der Waals surface area contributed by atoms with Crippen LogP contribution in [0, 0.1) is 0 Å². The molecule has 154 valence electrons. The van der Waals surface area contributed by atoms with E-state index in [1.807, 2.05) is 24.3 Å². The minimum absolute atomic E-state index is 0.311. The standard InChI is InChI=1S/C23H34N2O3/c1-4-7-8-9-14-26-21-12-10-19(11-13-21)23-24-17-22(18-25-23)28-16-15-27-20(5-2)6-3/h10-13,17-18,20H,4-9,14-16H2,1-3H3. The first-order chi connectivity index (χ1) is 13.8. The van der Waals surface area contributed by atoms with Crippen molar-refractivity contribution in [3.05, 3.63) is 36.7 Å². The first-order valence-corrected chi connectivity index (χ1v) is 10.6. The number of ether oxygens (including phenoxy) is 3. The summed E-state index contributed by atoms with van der Waals surface area (Å²) >= 11 is 0. The average Bonchev–Trinajstić information content (AvgIpc) is 2.75. The molecule has 0 saturated heterocycles. The molecule has 0 radical (unpaired) electrons. The molecule has 0 aliphatic heterocycles. The maximum absolute atomic E-state index is 5.78. The van der Waals surface area contributed by atoms with Gasteiger partial charge in [0.2, 0.25) is 0 Å². The van der Waals surface area contributed by atoms with Crippen LogP contribution in [0.25, 0.3) is 11.4 Å². The Bertz CT molecular complexity index is 640. The Morgan fingerprint density at radius 3 is 2.07 bits per heavy atom. The minimum atomic E-state index is 0.311. The maximum atomic E-state index is 5.78. The van der Waals surface area contributed by atoms with Crippen LogP contribution in [-0.2, 0) is 4.74 Å². The van der Waals surface area contributed by atoms with Crippen molar-refractivity contribution in [1.29, 1.82) is 0 Å². The van der Waals surface area contributed by atoms with Gasteiger partial charge in [0.1, 0.15) is 12.4 Å². The fourth-order valence-electron chi connectivity index (χ4n) is 2.86. The van der Waals surface area contributed by atoms with Crippen molar-refractivity contribution in [1.82, 2.24) is 9.97 Å². The van der Waals surface area contributed by atoms with Crippen LogP contribution in [0.4, 0.5) is 0 Å². The van der Waals surface area contributed by atoms with E-state index in [9.17, 15) is 0 Å². The van der Waals surface area contributed by atoms with E-state index in [1.54, 1.807) is 12.4 Å². The van der Waals surface area contributed by atoms with Crippen LogP contribution in [0.3, 0.4) is 0 Å². The van der Waals surface area contributed by atoms with Gasteiger partial charge in [0.25, 0.3) is 0 Å². The molecule has 0 aliphatic rings. The number of unbranched alkanes of at least 4 members (excludes halogenated alkanes) is 3. The molecule has 2 aromatic rings. The highest BCUT2D eigenvalue weighted by atomic mass is 16.5. The number of rotatable bonds is 14. The molecule has 0 fully saturated rings. The normalized spacial score (nSPS) is 11.0. The summed E-state index contributed by atoms with van der Waals surface area (Å²) in [6.45, 7) is 8.33. The number of benzene rings is 1. The van der Waals surface area contributed by atoms with E-state index in [4.69, 9.17) is 14.2 Å². The van der Waals surface area contributed by atoms with Gasteiger partial charge >= 0.3 is 0 Å². The Labute approximate surface area is 169 Å². The van der Waals surface area contributed by atoms with Gasteiger partial charge in [0.15, 0.2) is 11.6 Å². The lowest BCUT2D eigenvalue weighted by Crippen LogP contribution is -2.15. The van der Waals surface area contributed by atoms with E-state index in [0.29, 0.717) is 30.9 Å². The fraction of sp³-hybridized carbons (Fsp3) is 0.565. The Morgan fingerprint density at radius 2 is 1.43 bits per heavy atom. The molecule has 5 heteroatoms. The highest BCUT2D eigenvalue weighted by Crippen LogP contribution is 2.20. The maximum Gasteiger partial charge on any atom is 0.159 e. The van der Waals surface area contributed by atoms with Crippen LogP contribution in [0.5, 0.6) is 11.5 Å². The van der Waals surface area contributed by atoms with Crippen molar-refractivity contribution in [3.8, 4) is 22.9 Å². The molecule has 0 N–H and O–H groups in total. The second-order valence-corrected chi connectivity index (χ2v) is 6.83. The molecule has 1 heterocycles. The third kappa shape index (κ3) is 7.85. The Hall–Kier alpha value is -2.14. The Kier molecular flexibility index (Phi) is 10.4. The smallest absolute Gasteiger partial charge is 0.159 e. The third-order valence-electron chi connectivity index (χ3n) is 4.62. The van der Waals surface area contributed by atoms with Crippen molar-refractivity contribution in [2.75, 3.05) is 19.8 Å². The van der Waals surface area contributed by atoms with Gasteiger partial charge in [-0.25, -0.2) is 9.97 Å². The highest BCUT2D eigenvalue weighted by molar-refractivity contribution is 5.56. The van der Waals surface area contributed by atoms with E-state index < -0.39 is 0 Å². The van der Waals surface area contributed by atoms with Crippen molar-refractivity contribution in [3.63, 3.8) is 0 Å². The quantitative estimate of drug-likeness (QED) is 0.391. The number of aromatic nitrogens is 2.